The van der Waals surface area contributed by atoms with Crippen LogP contribution in [0.2, 0.25) is 0 Å². The van der Waals surface area contributed by atoms with Gasteiger partial charge < -0.3 is 15.2 Å². The van der Waals surface area contributed by atoms with Crippen molar-refractivity contribution in [2.45, 2.75) is 10.4 Å². The zero-order valence-electron chi connectivity index (χ0n) is 9.23. The maximum atomic E-state index is 12.1. The van der Waals surface area contributed by atoms with Gasteiger partial charge in [-0.15, -0.1) is 0 Å². The van der Waals surface area contributed by atoms with E-state index in [0.29, 0.717) is 6.08 Å². The van der Waals surface area contributed by atoms with E-state index in [1.54, 1.807) is 0 Å². The van der Waals surface area contributed by atoms with Gasteiger partial charge in [-0.1, -0.05) is 0 Å². The number of carbonyl (C=O) groups excluding carboxylic acids is 2. The van der Waals surface area contributed by atoms with Gasteiger partial charge in [0.2, 0.25) is 5.91 Å². The number of benzene rings is 1. The molecule has 0 aromatic heterocycles. The Hall–Kier alpha value is -1.96. The van der Waals surface area contributed by atoms with Gasteiger partial charge in [-0.05, 0) is 42.1 Å². The first-order valence-electron chi connectivity index (χ1n) is 4.82. The number of amides is 1. The number of anilines is 1. The molecular weight excluding hydrogens is 283 g/mol. The number of thioether (sulfide) groups is 1. The summed E-state index contributed by atoms with van der Waals surface area (Å²) in [6.45, 7) is 0. The van der Waals surface area contributed by atoms with Crippen LogP contribution in [0.5, 0.6) is 0 Å². The van der Waals surface area contributed by atoms with E-state index >= 15 is 0 Å². The molecule has 1 rings (SSSR count). The molecule has 0 saturated carbocycles. The Morgan fingerprint density at radius 3 is 2.21 bits per heavy atom. The van der Waals surface area contributed by atoms with Crippen molar-refractivity contribution in [1.29, 1.82) is 0 Å². The van der Waals surface area contributed by atoms with Crippen molar-refractivity contribution in [3.8, 4) is 0 Å². The molecule has 0 aliphatic rings. The van der Waals surface area contributed by atoms with E-state index in [1.165, 1.54) is 24.3 Å². The standard InChI is InChI=1S/C11H8F3NO3S/c12-11(13,14)19-8-3-1-7(2-4-8)15-9(16)5-6-10(17)18/h1-6H,(H,15,16)(H,17,18)/p-1/b6-5-. The van der Waals surface area contributed by atoms with E-state index in [4.69, 9.17) is 0 Å². The minimum Gasteiger partial charge on any atom is -0.545 e. The molecule has 0 radical (unpaired) electrons. The SMILES string of the molecule is O=C([O-])/C=C\C(=O)Nc1ccc(SC(F)(F)F)cc1. The summed E-state index contributed by atoms with van der Waals surface area (Å²) in [5, 5.41) is 12.3. The summed E-state index contributed by atoms with van der Waals surface area (Å²) >= 11 is -0.270. The third-order valence-electron chi connectivity index (χ3n) is 1.73. The number of rotatable bonds is 4. The van der Waals surface area contributed by atoms with Crippen molar-refractivity contribution in [2.24, 2.45) is 0 Å². The predicted octanol–water partition coefficient (Wildman–Crippen LogP) is 1.54. The third-order valence-corrected chi connectivity index (χ3v) is 2.47. The monoisotopic (exact) mass is 290 g/mol. The fourth-order valence-corrected chi connectivity index (χ4v) is 1.61. The van der Waals surface area contributed by atoms with Crippen molar-refractivity contribution in [3.05, 3.63) is 36.4 Å². The molecule has 0 aliphatic heterocycles. The first-order chi connectivity index (χ1) is 8.76. The van der Waals surface area contributed by atoms with Crippen molar-refractivity contribution >= 4 is 29.3 Å². The highest BCUT2D eigenvalue weighted by atomic mass is 32.2. The van der Waals surface area contributed by atoms with Crippen LogP contribution in [0.3, 0.4) is 0 Å². The summed E-state index contributed by atoms with van der Waals surface area (Å²) in [7, 11) is 0. The lowest BCUT2D eigenvalue weighted by Gasteiger charge is -2.06. The molecule has 0 unspecified atom stereocenters. The number of hydrogen-bond acceptors (Lipinski definition) is 4. The molecule has 102 valence electrons. The minimum atomic E-state index is -4.37. The Bertz CT molecular complexity index is 497. The van der Waals surface area contributed by atoms with E-state index in [-0.39, 0.29) is 22.3 Å². The van der Waals surface area contributed by atoms with Gasteiger partial charge in [0.25, 0.3) is 0 Å². The minimum absolute atomic E-state index is 0.0178. The molecule has 1 aromatic rings. The van der Waals surface area contributed by atoms with E-state index in [0.717, 1.165) is 6.08 Å². The highest BCUT2D eigenvalue weighted by molar-refractivity contribution is 8.00. The Kier molecular flexibility index (Phi) is 4.99. The second-order valence-corrected chi connectivity index (χ2v) is 4.35. The quantitative estimate of drug-likeness (QED) is 0.674. The van der Waals surface area contributed by atoms with Crippen molar-refractivity contribution in [3.63, 3.8) is 0 Å². The predicted molar refractivity (Wildman–Crippen MR) is 61.1 cm³/mol. The van der Waals surface area contributed by atoms with Crippen LogP contribution in [-0.2, 0) is 9.59 Å². The topological polar surface area (TPSA) is 69.2 Å². The fourth-order valence-electron chi connectivity index (χ4n) is 1.07. The maximum absolute atomic E-state index is 12.1. The van der Waals surface area contributed by atoms with E-state index in [2.05, 4.69) is 5.32 Å². The highest BCUT2D eigenvalue weighted by Crippen LogP contribution is 2.36. The molecule has 0 bridgehead atoms. The molecule has 0 spiro atoms. The van der Waals surface area contributed by atoms with Crippen LogP contribution in [0.1, 0.15) is 0 Å². The number of halogens is 3. The van der Waals surface area contributed by atoms with Crippen LogP contribution in [0.15, 0.2) is 41.3 Å². The normalized spacial score (nSPS) is 11.5. The van der Waals surface area contributed by atoms with E-state index in [9.17, 15) is 27.9 Å². The number of carbonyl (C=O) groups is 2. The fraction of sp³-hybridized carbons (Fsp3) is 0.0909. The molecule has 0 atom stereocenters. The van der Waals surface area contributed by atoms with Crippen LogP contribution in [0.25, 0.3) is 0 Å². The van der Waals surface area contributed by atoms with Gasteiger partial charge in [0.15, 0.2) is 0 Å². The molecule has 19 heavy (non-hydrogen) atoms. The smallest absolute Gasteiger partial charge is 0.446 e. The van der Waals surface area contributed by atoms with Gasteiger partial charge in [-0.2, -0.15) is 13.2 Å². The van der Waals surface area contributed by atoms with Crippen LogP contribution >= 0.6 is 11.8 Å². The number of carboxylic acid groups (broad SMARTS) is 1. The zero-order valence-corrected chi connectivity index (χ0v) is 10.0. The second-order valence-electron chi connectivity index (χ2n) is 3.21. The lowest BCUT2D eigenvalue weighted by molar-refractivity contribution is -0.297. The third kappa shape index (κ3) is 6.51. The molecule has 0 heterocycles. The number of aliphatic carboxylic acids is 1. The van der Waals surface area contributed by atoms with Gasteiger partial charge in [0.05, 0.1) is 5.97 Å². The number of nitrogens with one attached hydrogen (secondary N) is 1. The molecular formula is C11H7F3NO3S-. The average Bonchev–Trinajstić information content (AvgIpc) is 2.27. The average molecular weight is 290 g/mol. The lowest BCUT2D eigenvalue weighted by Crippen LogP contribution is -2.20. The van der Waals surface area contributed by atoms with Gasteiger partial charge in [-0.3, -0.25) is 4.79 Å². The van der Waals surface area contributed by atoms with Gasteiger partial charge in [0.1, 0.15) is 0 Å². The van der Waals surface area contributed by atoms with E-state index < -0.39 is 17.4 Å². The molecule has 0 fully saturated rings. The van der Waals surface area contributed by atoms with E-state index in [1.807, 2.05) is 0 Å². The zero-order chi connectivity index (χ0) is 14.5. The van der Waals surface area contributed by atoms with Gasteiger partial charge in [-0.25, -0.2) is 0 Å². The lowest BCUT2D eigenvalue weighted by atomic mass is 10.3. The molecule has 1 aromatic carbocycles. The van der Waals surface area contributed by atoms with Crippen molar-refractivity contribution in [1.82, 2.24) is 0 Å². The summed E-state index contributed by atoms with van der Waals surface area (Å²) in [4.78, 5) is 21.2. The number of alkyl halides is 3. The summed E-state index contributed by atoms with van der Waals surface area (Å²) < 4.78 is 36.2. The van der Waals surface area contributed by atoms with Crippen LogP contribution in [0, 0.1) is 0 Å². The summed E-state index contributed by atoms with van der Waals surface area (Å²) in [5.74, 6) is -2.24. The summed E-state index contributed by atoms with van der Waals surface area (Å²) in [6, 6.07) is 4.93. The van der Waals surface area contributed by atoms with Crippen molar-refractivity contribution < 1.29 is 27.9 Å². The van der Waals surface area contributed by atoms with Gasteiger partial charge in [0, 0.05) is 16.7 Å². The number of carboxylic acids is 1. The Labute approximate surface area is 110 Å². The summed E-state index contributed by atoms with van der Waals surface area (Å²) in [6.07, 6.45) is 1.29. The molecule has 4 nitrogen and oxygen atoms in total. The number of hydrogen-bond donors (Lipinski definition) is 1. The Morgan fingerprint density at radius 1 is 1.16 bits per heavy atom. The Balaban J connectivity index is 2.62. The summed E-state index contributed by atoms with van der Waals surface area (Å²) in [5.41, 5.74) is -4.12. The maximum Gasteiger partial charge on any atom is 0.446 e. The van der Waals surface area contributed by atoms with Gasteiger partial charge >= 0.3 is 5.51 Å². The molecule has 0 aliphatic carbocycles. The first-order valence-corrected chi connectivity index (χ1v) is 5.64. The highest BCUT2D eigenvalue weighted by Gasteiger charge is 2.28. The molecule has 0 saturated heterocycles. The second kappa shape index (κ2) is 6.28. The molecule has 8 heteroatoms. The van der Waals surface area contributed by atoms with Crippen LogP contribution in [0.4, 0.5) is 18.9 Å². The van der Waals surface area contributed by atoms with Crippen LogP contribution < -0.4 is 10.4 Å². The molecule has 1 N–H and O–H groups in total. The van der Waals surface area contributed by atoms with Crippen LogP contribution in [-0.4, -0.2) is 17.4 Å². The first kappa shape index (κ1) is 15.1. The Morgan fingerprint density at radius 2 is 1.74 bits per heavy atom. The largest absolute Gasteiger partial charge is 0.545 e. The molecule has 1 amide bonds. The van der Waals surface area contributed by atoms with Crippen molar-refractivity contribution in [2.75, 3.05) is 5.32 Å².